The lowest BCUT2D eigenvalue weighted by atomic mass is 10.0. The van der Waals surface area contributed by atoms with Gasteiger partial charge in [-0.15, -0.1) is 0 Å². The molecule has 31 heavy (non-hydrogen) atoms. The van der Waals surface area contributed by atoms with Crippen molar-refractivity contribution >= 4 is 34.5 Å². The van der Waals surface area contributed by atoms with Crippen LogP contribution in [0.5, 0.6) is 0 Å². The zero-order valence-electron chi connectivity index (χ0n) is 19.3. The van der Waals surface area contributed by atoms with Gasteiger partial charge in [-0.05, 0) is 58.4 Å². The summed E-state index contributed by atoms with van der Waals surface area (Å²) >= 11 is 0. The van der Waals surface area contributed by atoms with Crippen molar-refractivity contribution in [2.24, 2.45) is 4.99 Å². The van der Waals surface area contributed by atoms with E-state index < -0.39 is 0 Å². The Morgan fingerprint density at radius 2 is 1.94 bits per heavy atom. The molecule has 0 atom stereocenters. The number of anilines is 3. The topological polar surface area (TPSA) is 96.5 Å². The number of unbranched alkanes of at least 4 members (excludes halogenated alkanes) is 2. The van der Waals surface area contributed by atoms with Crippen LogP contribution < -0.4 is 16.0 Å². The molecule has 2 amide bonds. The maximum absolute atomic E-state index is 13.2. The van der Waals surface area contributed by atoms with Gasteiger partial charge in [0.15, 0.2) is 5.82 Å². The van der Waals surface area contributed by atoms with E-state index in [0.717, 1.165) is 41.8 Å². The second kappa shape index (κ2) is 11.8. The number of hydrogen-bond donors (Lipinski definition) is 2. The number of carbonyl (C=O) groups excluding carboxylic acids is 1. The molecule has 0 spiro atoms. The molecule has 0 aliphatic heterocycles. The number of nitrogens with zero attached hydrogens (tertiary/aromatic N) is 4. The number of nitrogens with one attached hydrogen (secondary N) is 1. The normalized spacial score (nSPS) is 11.2. The number of amides is 2. The van der Waals surface area contributed by atoms with E-state index in [1.165, 1.54) is 0 Å². The van der Waals surface area contributed by atoms with Gasteiger partial charge in [0, 0.05) is 30.6 Å². The lowest BCUT2D eigenvalue weighted by molar-refractivity contribution is 0.256. The van der Waals surface area contributed by atoms with Crippen LogP contribution in [0, 0.1) is 0 Å². The number of hydrogen-bond acceptors (Lipinski definition) is 5. The van der Waals surface area contributed by atoms with E-state index in [9.17, 15) is 4.79 Å². The summed E-state index contributed by atoms with van der Waals surface area (Å²) in [4.78, 5) is 28.2. The fraction of sp³-hybridized carbons (Fsp3) is 0.417. The summed E-state index contributed by atoms with van der Waals surface area (Å²) in [5.74, 6) is 0.457. The van der Waals surface area contributed by atoms with Gasteiger partial charge in [0.2, 0.25) is 0 Å². The van der Waals surface area contributed by atoms with Crippen molar-refractivity contribution in [1.29, 1.82) is 0 Å². The highest BCUT2D eigenvalue weighted by molar-refractivity contribution is 6.23. The van der Waals surface area contributed by atoms with Crippen LogP contribution in [0.2, 0.25) is 0 Å². The molecule has 2 aromatic rings. The van der Waals surface area contributed by atoms with Gasteiger partial charge in [-0.3, -0.25) is 14.9 Å². The van der Waals surface area contributed by atoms with Gasteiger partial charge in [-0.25, -0.2) is 9.78 Å². The maximum Gasteiger partial charge on any atom is 0.327 e. The predicted molar refractivity (Wildman–Crippen MR) is 131 cm³/mol. The van der Waals surface area contributed by atoms with Crippen LogP contribution in [-0.4, -0.2) is 34.8 Å². The van der Waals surface area contributed by atoms with E-state index in [1.807, 2.05) is 39.8 Å². The lowest BCUT2D eigenvalue weighted by Crippen LogP contribution is -2.37. The number of carbonyl (C=O) groups is 1. The first-order valence-corrected chi connectivity index (χ1v) is 10.8. The minimum atomic E-state index is -0.279. The number of aromatic nitrogens is 2. The Bertz CT molecular complexity index is 932. The van der Waals surface area contributed by atoms with Crippen molar-refractivity contribution < 1.29 is 4.79 Å². The van der Waals surface area contributed by atoms with Gasteiger partial charge in [0.25, 0.3) is 0 Å². The third-order valence-corrected chi connectivity index (χ3v) is 4.82. The standard InChI is InChI=1S/C24H34N6O/c1-6-8-9-15-30(24(31)28-19-11-10-14-26-16-19)23-20(25)12-13-21(29-23)22(17(3)4)18(5)27-7-2/h10-14,16H,6-9,15,25H2,1-5H3,(H,28,31)/b27-18-. The maximum atomic E-state index is 13.2. The highest BCUT2D eigenvalue weighted by Gasteiger charge is 2.21. The molecule has 0 fully saturated rings. The molecule has 0 aromatic carbocycles. The van der Waals surface area contributed by atoms with Gasteiger partial charge in [-0.2, -0.15) is 0 Å². The number of nitrogens with two attached hydrogens (primary N) is 1. The first-order valence-electron chi connectivity index (χ1n) is 10.8. The van der Waals surface area contributed by atoms with Crippen molar-refractivity contribution in [1.82, 2.24) is 9.97 Å². The number of allylic oxidation sites excluding steroid dienone is 2. The Morgan fingerprint density at radius 3 is 2.55 bits per heavy atom. The van der Waals surface area contributed by atoms with Gasteiger partial charge in [0.1, 0.15) is 0 Å². The Labute approximate surface area is 185 Å². The summed E-state index contributed by atoms with van der Waals surface area (Å²) in [5, 5.41) is 2.90. The second-order valence-corrected chi connectivity index (χ2v) is 7.57. The monoisotopic (exact) mass is 422 g/mol. The van der Waals surface area contributed by atoms with Crippen molar-refractivity contribution in [3.63, 3.8) is 0 Å². The molecule has 0 saturated heterocycles. The molecule has 7 heteroatoms. The summed E-state index contributed by atoms with van der Waals surface area (Å²) in [6, 6.07) is 7.00. The molecule has 2 heterocycles. The summed E-state index contributed by atoms with van der Waals surface area (Å²) in [5.41, 5.74) is 11.1. The summed E-state index contributed by atoms with van der Waals surface area (Å²) in [6.07, 6.45) is 6.20. The summed E-state index contributed by atoms with van der Waals surface area (Å²) < 4.78 is 0. The molecule has 3 N–H and O–H groups in total. The Kier molecular flexibility index (Phi) is 9.18. The highest BCUT2D eigenvalue weighted by Crippen LogP contribution is 2.27. The van der Waals surface area contributed by atoms with Crippen LogP contribution in [0.3, 0.4) is 0 Å². The number of rotatable bonds is 9. The van der Waals surface area contributed by atoms with Gasteiger partial charge in [0.05, 0.1) is 23.3 Å². The predicted octanol–water partition coefficient (Wildman–Crippen LogP) is 5.56. The smallest absolute Gasteiger partial charge is 0.327 e. The molecular formula is C24H34N6O. The van der Waals surface area contributed by atoms with E-state index in [1.54, 1.807) is 29.4 Å². The average Bonchev–Trinajstić information content (AvgIpc) is 2.73. The van der Waals surface area contributed by atoms with E-state index >= 15 is 0 Å². The van der Waals surface area contributed by atoms with Gasteiger partial charge in [-0.1, -0.05) is 25.3 Å². The SMILES string of the molecule is CCCCCN(C(=O)Nc1cccnc1)c1nc(C(=C(C)C)/C(C)=N\CC)ccc1N. The molecule has 7 nitrogen and oxygen atoms in total. The molecule has 0 aliphatic rings. The van der Waals surface area contributed by atoms with E-state index in [-0.39, 0.29) is 6.03 Å². The lowest BCUT2D eigenvalue weighted by Gasteiger charge is -2.24. The summed E-state index contributed by atoms with van der Waals surface area (Å²) in [7, 11) is 0. The molecule has 0 bridgehead atoms. The van der Waals surface area contributed by atoms with Crippen LogP contribution in [0.25, 0.3) is 5.57 Å². The van der Waals surface area contributed by atoms with Crippen LogP contribution >= 0.6 is 0 Å². The third-order valence-electron chi connectivity index (χ3n) is 4.82. The molecule has 0 saturated carbocycles. The van der Waals surface area contributed by atoms with Gasteiger partial charge < -0.3 is 11.1 Å². The number of urea groups is 1. The van der Waals surface area contributed by atoms with Crippen molar-refractivity contribution in [3.8, 4) is 0 Å². The first-order chi connectivity index (χ1) is 14.9. The minimum Gasteiger partial charge on any atom is -0.396 e. The second-order valence-electron chi connectivity index (χ2n) is 7.57. The zero-order valence-corrected chi connectivity index (χ0v) is 19.3. The fourth-order valence-electron chi connectivity index (χ4n) is 3.39. The van der Waals surface area contributed by atoms with E-state index in [4.69, 9.17) is 10.7 Å². The summed E-state index contributed by atoms with van der Waals surface area (Å²) in [6.45, 7) is 11.4. The van der Waals surface area contributed by atoms with E-state index in [0.29, 0.717) is 30.3 Å². The Morgan fingerprint density at radius 1 is 1.16 bits per heavy atom. The fourth-order valence-corrected chi connectivity index (χ4v) is 3.39. The number of nitrogen functional groups attached to an aromatic ring is 1. The zero-order chi connectivity index (χ0) is 22.8. The van der Waals surface area contributed by atoms with E-state index in [2.05, 4.69) is 22.2 Å². The molecule has 0 radical (unpaired) electrons. The van der Waals surface area contributed by atoms with Crippen molar-refractivity contribution in [2.75, 3.05) is 29.0 Å². The quantitative estimate of drug-likeness (QED) is 0.408. The highest BCUT2D eigenvalue weighted by atomic mass is 16.2. The van der Waals surface area contributed by atoms with Crippen LogP contribution in [-0.2, 0) is 0 Å². The number of aliphatic imine (C=N–C) groups is 1. The first kappa shape index (κ1) is 24.1. The van der Waals surface area contributed by atoms with Crippen LogP contribution in [0.15, 0.2) is 47.2 Å². The van der Waals surface area contributed by atoms with Crippen molar-refractivity contribution in [2.45, 2.75) is 53.9 Å². The molecule has 0 aliphatic carbocycles. The molecule has 0 unspecified atom stereocenters. The minimum absolute atomic E-state index is 0.279. The molecular weight excluding hydrogens is 388 g/mol. The number of pyridine rings is 2. The largest absolute Gasteiger partial charge is 0.396 e. The Hall–Kier alpha value is -3.22. The van der Waals surface area contributed by atoms with Crippen molar-refractivity contribution in [3.05, 3.63) is 47.9 Å². The molecule has 2 rings (SSSR count). The van der Waals surface area contributed by atoms with Gasteiger partial charge >= 0.3 is 6.03 Å². The molecule has 166 valence electrons. The van der Waals surface area contributed by atoms with Crippen LogP contribution in [0.4, 0.5) is 22.0 Å². The third kappa shape index (κ3) is 6.64. The Balaban J connectivity index is 2.47. The average molecular weight is 423 g/mol. The molecule has 2 aromatic heterocycles. The van der Waals surface area contributed by atoms with Crippen LogP contribution in [0.1, 0.15) is 59.6 Å².